The third-order valence-electron chi connectivity index (χ3n) is 4.38. The van der Waals surface area contributed by atoms with E-state index in [1.807, 2.05) is 7.05 Å². The lowest BCUT2D eigenvalue weighted by atomic mass is 9.94. The van der Waals surface area contributed by atoms with Crippen LogP contribution in [0.25, 0.3) is 0 Å². The third kappa shape index (κ3) is 3.25. The second-order valence-electron chi connectivity index (χ2n) is 5.67. The summed E-state index contributed by atoms with van der Waals surface area (Å²) in [6.45, 7) is 4.11. The van der Waals surface area contributed by atoms with E-state index in [1.54, 1.807) is 18.2 Å². The smallest absolute Gasteiger partial charge is 0.124 e. The van der Waals surface area contributed by atoms with Crippen molar-refractivity contribution in [2.45, 2.75) is 44.7 Å². The fourth-order valence-corrected chi connectivity index (χ4v) is 3.29. The first kappa shape index (κ1) is 15.1. The van der Waals surface area contributed by atoms with Gasteiger partial charge in [0.15, 0.2) is 0 Å². The summed E-state index contributed by atoms with van der Waals surface area (Å²) in [7, 11) is 1.98. The van der Waals surface area contributed by atoms with E-state index in [1.165, 1.54) is 19.3 Å². The average molecular weight is 278 g/mol. The molecule has 2 unspecified atom stereocenters. The monoisotopic (exact) mass is 278 g/mol. The number of hydrogen-bond donors (Lipinski definition) is 3. The molecule has 3 N–H and O–H groups in total. The molecule has 1 aliphatic heterocycles. The molecule has 2 atom stereocenters. The number of nitrogens with one attached hydrogen (secondary N) is 1. The normalized spacial score (nSPS) is 21.8. The first-order valence-electron chi connectivity index (χ1n) is 7.56. The molecule has 0 radical (unpaired) electrons. The van der Waals surface area contributed by atoms with Gasteiger partial charge >= 0.3 is 0 Å². The summed E-state index contributed by atoms with van der Waals surface area (Å²) in [4.78, 5) is 2.43. The fourth-order valence-electron chi connectivity index (χ4n) is 3.29. The molecule has 4 nitrogen and oxygen atoms in total. The van der Waals surface area contributed by atoms with Crippen LogP contribution in [0.5, 0.6) is 11.5 Å². The van der Waals surface area contributed by atoms with Gasteiger partial charge in [-0.15, -0.1) is 0 Å². The van der Waals surface area contributed by atoms with Gasteiger partial charge in [0.2, 0.25) is 0 Å². The van der Waals surface area contributed by atoms with Crippen molar-refractivity contribution >= 4 is 0 Å². The molecule has 1 fully saturated rings. The van der Waals surface area contributed by atoms with Gasteiger partial charge in [-0.2, -0.15) is 0 Å². The minimum absolute atomic E-state index is 0.0401. The van der Waals surface area contributed by atoms with Crippen LogP contribution in [0.3, 0.4) is 0 Å². The molecule has 1 aromatic carbocycles. The number of piperidine rings is 1. The van der Waals surface area contributed by atoms with Crippen molar-refractivity contribution in [2.75, 3.05) is 20.1 Å². The van der Waals surface area contributed by atoms with Crippen LogP contribution in [0.1, 0.15) is 44.2 Å². The van der Waals surface area contributed by atoms with Gasteiger partial charge in [0, 0.05) is 12.1 Å². The lowest BCUT2D eigenvalue weighted by Gasteiger charge is -2.40. The standard InChI is InChI=1S/C16H26N2O2/c1-12(16-14(19)7-5-8-15(16)20)18-11-4-3-6-13(18)9-10-17-2/h5,7-8,12-13,17,19-20H,3-4,6,9-11H2,1-2H3. The Hall–Kier alpha value is -1.26. The molecule has 1 aliphatic rings. The first-order valence-corrected chi connectivity index (χ1v) is 7.56. The third-order valence-corrected chi connectivity index (χ3v) is 4.38. The summed E-state index contributed by atoms with van der Waals surface area (Å²) in [5.74, 6) is 0.380. The predicted molar refractivity (Wildman–Crippen MR) is 81.1 cm³/mol. The summed E-state index contributed by atoms with van der Waals surface area (Å²) in [6, 6.07) is 5.54. The fraction of sp³-hybridized carbons (Fsp3) is 0.625. The topological polar surface area (TPSA) is 55.7 Å². The van der Waals surface area contributed by atoms with Crippen molar-refractivity contribution in [1.82, 2.24) is 10.2 Å². The van der Waals surface area contributed by atoms with Gasteiger partial charge in [0.1, 0.15) is 11.5 Å². The van der Waals surface area contributed by atoms with Crippen LogP contribution in [0.2, 0.25) is 0 Å². The largest absolute Gasteiger partial charge is 0.507 e. The zero-order chi connectivity index (χ0) is 14.5. The summed E-state index contributed by atoms with van der Waals surface area (Å²) in [5, 5.41) is 23.3. The molecule has 1 saturated heterocycles. The number of likely N-dealkylation sites (tertiary alicyclic amines) is 1. The van der Waals surface area contributed by atoms with Gasteiger partial charge in [0.25, 0.3) is 0 Å². The summed E-state index contributed by atoms with van der Waals surface area (Å²) in [5.41, 5.74) is 0.656. The minimum Gasteiger partial charge on any atom is -0.507 e. The zero-order valence-corrected chi connectivity index (χ0v) is 12.5. The van der Waals surface area contributed by atoms with Gasteiger partial charge in [-0.05, 0) is 58.5 Å². The second kappa shape index (κ2) is 6.95. The first-order chi connectivity index (χ1) is 9.65. The molecule has 112 valence electrons. The van der Waals surface area contributed by atoms with Gasteiger partial charge in [0.05, 0.1) is 5.56 Å². The van der Waals surface area contributed by atoms with Crippen LogP contribution in [-0.4, -0.2) is 41.3 Å². The van der Waals surface area contributed by atoms with E-state index in [9.17, 15) is 10.2 Å². The van der Waals surface area contributed by atoms with Crippen LogP contribution in [0.15, 0.2) is 18.2 Å². The van der Waals surface area contributed by atoms with Gasteiger partial charge < -0.3 is 15.5 Å². The SMILES string of the molecule is CNCCC1CCCCN1C(C)c1c(O)cccc1O. The summed E-state index contributed by atoms with van der Waals surface area (Å²) in [6.07, 6.45) is 4.76. The maximum atomic E-state index is 10.1. The van der Waals surface area contributed by atoms with Crippen LogP contribution in [0, 0.1) is 0 Å². The summed E-state index contributed by atoms with van der Waals surface area (Å²) >= 11 is 0. The molecule has 0 amide bonds. The highest BCUT2D eigenvalue weighted by Crippen LogP contribution is 2.38. The van der Waals surface area contributed by atoms with E-state index in [0.717, 1.165) is 19.5 Å². The van der Waals surface area contributed by atoms with E-state index >= 15 is 0 Å². The number of hydrogen-bond acceptors (Lipinski definition) is 4. The van der Waals surface area contributed by atoms with Gasteiger partial charge in [-0.3, -0.25) is 4.90 Å². The number of rotatable bonds is 5. The van der Waals surface area contributed by atoms with Crippen LogP contribution >= 0.6 is 0 Å². The van der Waals surface area contributed by atoms with Crippen LogP contribution in [-0.2, 0) is 0 Å². The Labute approximate surface area is 121 Å². The van der Waals surface area contributed by atoms with Crippen molar-refractivity contribution in [2.24, 2.45) is 0 Å². The maximum Gasteiger partial charge on any atom is 0.124 e. The Morgan fingerprint density at radius 3 is 2.65 bits per heavy atom. The van der Waals surface area contributed by atoms with E-state index in [4.69, 9.17) is 0 Å². The second-order valence-corrected chi connectivity index (χ2v) is 5.67. The van der Waals surface area contributed by atoms with Crippen molar-refractivity contribution < 1.29 is 10.2 Å². The Balaban J connectivity index is 2.18. The molecular formula is C16H26N2O2. The Bertz CT molecular complexity index is 416. The van der Waals surface area contributed by atoms with Crippen LogP contribution in [0.4, 0.5) is 0 Å². The molecule has 20 heavy (non-hydrogen) atoms. The predicted octanol–water partition coefficient (Wildman–Crippen LogP) is 2.62. The highest BCUT2D eigenvalue weighted by Gasteiger charge is 2.29. The van der Waals surface area contributed by atoms with Crippen molar-refractivity contribution in [3.05, 3.63) is 23.8 Å². The molecule has 0 aromatic heterocycles. The molecule has 2 rings (SSSR count). The van der Waals surface area contributed by atoms with E-state index in [0.29, 0.717) is 11.6 Å². The molecule has 0 aliphatic carbocycles. The van der Waals surface area contributed by atoms with Gasteiger partial charge in [-0.1, -0.05) is 12.5 Å². The average Bonchev–Trinajstić information content (AvgIpc) is 2.45. The Kier molecular flexibility index (Phi) is 5.26. The van der Waals surface area contributed by atoms with Crippen molar-refractivity contribution in [3.8, 4) is 11.5 Å². The van der Waals surface area contributed by atoms with E-state index < -0.39 is 0 Å². The number of nitrogens with zero attached hydrogens (tertiary/aromatic N) is 1. The number of phenols is 2. The number of aromatic hydroxyl groups is 2. The van der Waals surface area contributed by atoms with Crippen LogP contribution < -0.4 is 5.32 Å². The molecule has 1 aromatic rings. The lowest BCUT2D eigenvalue weighted by molar-refractivity contribution is 0.0945. The highest BCUT2D eigenvalue weighted by atomic mass is 16.3. The van der Waals surface area contributed by atoms with E-state index in [-0.39, 0.29) is 17.5 Å². The quantitative estimate of drug-likeness (QED) is 0.775. The van der Waals surface area contributed by atoms with Crippen molar-refractivity contribution in [3.63, 3.8) is 0 Å². The zero-order valence-electron chi connectivity index (χ0n) is 12.5. The number of benzene rings is 1. The molecule has 1 heterocycles. The molecule has 0 saturated carbocycles. The summed E-state index contributed by atoms with van der Waals surface area (Å²) < 4.78 is 0. The highest BCUT2D eigenvalue weighted by molar-refractivity contribution is 5.45. The van der Waals surface area contributed by atoms with Gasteiger partial charge in [-0.25, -0.2) is 0 Å². The lowest BCUT2D eigenvalue weighted by Crippen LogP contribution is -2.42. The molecule has 4 heteroatoms. The Morgan fingerprint density at radius 1 is 1.30 bits per heavy atom. The van der Waals surface area contributed by atoms with Crippen molar-refractivity contribution in [1.29, 1.82) is 0 Å². The molecule has 0 spiro atoms. The van der Waals surface area contributed by atoms with E-state index in [2.05, 4.69) is 17.1 Å². The molecule has 0 bridgehead atoms. The minimum atomic E-state index is 0.0401. The Morgan fingerprint density at radius 2 is 2.00 bits per heavy atom. The molecular weight excluding hydrogens is 252 g/mol. The number of phenolic OH excluding ortho intramolecular Hbond substituents is 2. The maximum absolute atomic E-state index is 10.1.